The summed E-state index contributed by atoms with van der Waals surface area (Å²) in [5.74, 6) is 1.01. The lowest BCUT2D eigenvalue weighted by Crippen LogP contribution is -2.57. The lowest BCUT2D eigenvalue weighted by atomic mass is 9.93. The highest BCUT2D eigenvalue weighted by molar-refractivity contribution is 5.70. The van der Waals surface area contributed by atoms with Crippen LogP contribution in [-0.2, 0) is 11.8 Å². The van der Waals surface area contributed by atoms with Gasteiger partial charge in [-0.1, -0.05) is 0 Å². The molecule has 3 aromatic rings. The Hall–Kier alpha value is -3.10. The average molecular weight is 410 g/mol. The summed E-state index contributed by atoms with van der Waals surface area (Å²) >= 11 is 0. The maximum Gasteiger partial charge on any atom is 0.410 e. The number of hydrogen-bond acceptors (Lipinski definition) is 6. The molecule has 1 amide bonds. The predicted octanol–water partition coefficient (Wildman–Crippen LogP) is 2.91. The molecule has 0 spiro atoms. The molecule has 30 heavy (non-hydrogen) atoms. The van der Waals surface area contributed by atoms with Crippen LogP contribution >= 0.6 is 0 Å². The molecule has 0 N–H and O–H groups in total. The quantitative estimate of drug-likeness (QED) is 0.660. The van der Waals surface area contributed by atoms with Crippen LogP contribution < -0.4 is 4.74 Å². The lowest BCUT2D eigenvalue weighted by molar-refractivity contribution is -0.0210. The zero-order chi connectivity index (χ0) is 21.0. The van der Waals surface area contributed by atoms with Crippen molar-refractivity contribution in [2.75, 3.05) is 6.54 Å². The van der Waals surface area contributed by atoms with E-state index in [1.54, 1.807) is 21.6 Å². The summed E-state index contributed by atoms with van der Waals surface area (Å²) in [6.07, 6.45) is 8.75. The SMILES string of the molecule is Cn1cc(-c2cn3nccc3c(OC3CC4CN(C(=O)OC(C)(C)C)C4C3)n2)cn1. The molecule has 4 heterocycles. The average Bonchev–Trinajstić information content (AvgIpc) is 3.34. The first-order valence-corrected chi connectivity index (χ1v) is 10.3. The maximum absolute atomic E-state index is 12.4. The van der Waals surface area contributed by atoms with E-state index in [1.165, 1.54) is 0 Å². The molecule has 3 atom stereocenters. The fourth-order valence-electron chi connectivity index (χ4n) is 4.34. The molecule has 9 nitrogen and oxygen atoms in total. The Morgan fingerprint density at radius 3 is 2.77 bits per heavy atom. The van der Waals surface area contributed by atoms with Crippen molar-refractivity contribution >= 4 is 11.6 Å². The molecule has 2 aliphatic rings. The van der Waals surface area contributed by atoms with Crippen molar-refractivity contribution < 1.29 is 14.3 Å². The molecule has 1 saturated heterocycles. The second kappa shape index (κ2) is 6.72. The Labute approximate surface area is 174 Å². The van der Waals surface area contributed by atoms with Gasteiger partial charge in [-0.15, -0.1) is 0 Å². The number of nitrogens with zero attached hydrogens (tertiary/aromatic N) is 6. The number of aromatic nitrogens is 5. The molecule has 9 heteroatoms. The fraction of sp³-hybridized carbons (Fsp3) is 0.524. The highest BCUT2D eigenvalue weighted by Crippen LogP contribution is 2.41. The molecular weight excluding hydrogens is 384 g/mol. The minimum atomic E-state index is -0.485. The molecule has 0 aromatic carbocycles. The molecule has 1 aliphatic heterocycles. The largest absolute Gasteiger partial charge is 0.473 e. The Morgan fingerprint density at radius 1 is 1.20 bits per heavy atom. The summed E-state index contributed by atoms with van der Waals surface area (Å²) in [5, 5.41) is 8.59. The number of carbonyl (C=O) groups is 1. The van der Waals surface area contributed by atoms with Crippen molar-refractivity contribution in [3.8, 4) is 17.1 Å². The van der Waals surface area contributed by atoms with E-state index in [0.29, 0.717) is 11.8 Å². The van der Waals surface area contributed by atoms with E-state index in [2.05, 4.69) is 10.2 Å². The minimum Gasteiger partial charge on any atom is -0.473 e. The van der Waals surface area contributed by atoms with Gasteiger partial charge in [-0.25, -0.2) is 14.3 Å². The molecule has 3 unspecified atom stereocenters. The van der Waals surface area contributed by atoms with Gasteiger partial charge < -0.3 is 14.4 Å². The summed E-state index contributed by atoms with van der Waals surface area (Å²) in [7, 11) is 1.87. The first kappa shape index (κ1) is 18.9. The number of fused-ring (bicyclic) bond motifs is 2. The van der Waals surface area contributed by atoms with E-state index in [1.807, 2.05) is 51.2 Å². The summed E-state index contributed by atoms with van der Waals surface area (Å²) < 4.78 is 15.4. The smallest absolute Gasteiger partial charge is 0.410 e. The van der Waals surface area contributed by atoms with Crippen LogP contribution in [0.15, 0.2) is 30.9 Å². The standard InChI is InChI=1S/C21H26N6O3/c1-21(2,3)30-20(28)26-11-13-7-15(8-18(13)26)29-19-17-5-6-22-27(17)12-16(24-19)14-9-23-25(4)10-14/h5-6,9-10,12-13,15,18H,7-8,11H2,1-4H3. The van der Waals surface area contributed by atoms with Crippen LogP contribution in [0.1, 0.15) is 33.6 Å². The third-order valence-electron chi connectivity index (χ3n) is 5.71. The number of carbonyl (C=O) groups excluding carboxylic acids is 1. The molecule has 158 valence electrons. The summed E-state index contributed by atoms with van der Waals surface area (Å²) in [6.45, 7) is 6.39. The molecule has 2 fully saturated rings. The monoisotopic (exact) mass is 410 g/mol. The van der Waals surface area contributed by atoms with Crippen molar-refractivity contribution in [3.63, 3.8) is 0 Å². The number of rotatable bonds is 3. The van der Waals surface area contributed by atoms with Crippen LogP contribution in [0.3, 0.4) is 0 Å². The molecule has 1 aliphatic carbocycles. The van der Waals surface area contributed by atoms with E-state index < -0.39 is 5.60 Å². The predicted molar refractivity (Wildman–Crippen MR) is 109 cm³/mol. The van der Waals surface area contributed by atoms with E-state index in [4.69, 9.17) is 14.5 Å². The number of likely N-dealkylation sites (tertiary alicyclic amines) is 1. The molecule has 3 aromatic heterocycles. The van der Waals surface area contributed by atoms with Gasteiger partial charge in [-0.05, 0) is 33.3 Å². The number of amides is 1. The van der Waals surface area contributed by atoms with Crippen molar-refractivity contribution in [1.82, 2.24) is 29.3 Å². The highest BCUT2D eigenvalue weighted by Gasteiger charge is 2.50. The van der Waals surface area contributed by atoms with Gasteiger partial charge in [0.25, 0.3) is 0 Å². The van der Waals surface area contributed by atoms with Crippen LogP contribution in [0.2, 0.25) is 0 Å². The van der Waals surface area contributed by atoms with E-state index in [9.17, 15) is 4.79 Å². The Kier molecular flexibility index (Phi) is 4.23. The van der Waals surface area contributed by atoms with Gasteiger partial charge >= 0.3 is 6.09 Å². The number of aryl methyl sites for hydroxylation is 1. The van der Waals surface area contributed by atoms with Crippen molar-refractivity contribution in [2.24, 2.45) is 13.0 Å². The fourth-order valence-corrected chi connectivity index (χ4v) is 4.34. The third-order valence-corrected chi connectivity index (χ3v) is 5.71. The zero-order valence-corrected chi connectivity index (χ0v) is 17.6. The Morgan fingerprint density at radius 2 is 2.03 bits per heavy atom. The summed E-state index contributed by atoms with van der Waals surface area (Å²) in [5.41, 5.74) is 2.00. The van der Waals surface area contributed by atoms with Crippen LogP contribution in [0.25, 0.3) is 16.8 Å². The lowest BCUT2D eigenvalue weighted by Gasteiger charge is -2.44. The molecule has 1 saturated carbocycles. The summed E-state index contributed by atoms with van der Waals surface area (Å²) in [6, 6.07) is 2.07. The van der Waals surface area contributed by atoms with E-state index in [-0.39, 0.29) is 18.2 Å². The Balaban J connectivity index is 1.33. The third kappa shape index (κ3) is 3.38. The van der Waals surface area contributed by atoms with Crippen LogP contribution in [0.5, 0.6) is 5.88 Å². The van der Waals surface area contributed by atoms with E-state index in [0.717, 1.165) is 36.2 Å². The molecular formula is C21H26N6O3. The number of ether oxygens (including phenoxy) is 2. The van der Waals surface area contributed by atoms with E-state index >= 15 is 0 Å². The van der Waals surface area contributed by atoms with Crippen molar-refractivity contribution in [3.05, 3.63) is 30.9 Å². The first-order valence-electron chi connectivity index (χ1n) is 10.3. The normalized spacial score (nSPS) is 23.3. The highest BCUT2D eigenvalue weighted by atomic mass is 16.6. The first-order chi connectivity index (χ1) is 14.3. The van der Waals surface area contributed by atoms with Gasteiger partial charge in [-0.3, -0.25) is 4.68 Å². The van der Waals surface area contributed by atoms with Gasteiger partial charge in [-0.2, -0.15) is 10.2 Å². The zero-order valence-electron chi connectivity index (χ0n) is 17.6. The van der Waals surface area contributed by atoms with Gasteiger partial charge in [0.05, 0.1) is 24.3 Å². The van der Waals surface area contributed by atoms with Crippen LogP contribution in [0.4, 0.5) is 4.79 Å². The van der Waals surface area contributed by atoms with Gasteiger partial charge in [0.2, 0.25) is 5.88 Å². The van der Waals surface area contributed by atoms with Gasteiger partial charge in [0.15, 0.2) is 0 Å². The summed E-state index contributed by atoms with van der Waals surface area (Å²) in [4.78, 5) is 19.0. The topological polar surface area (TPSA) is 86.8 Å². The second-order valence-corrected chi connectivity index (χ2v) is 9.17. The van der Waals surface area contributed by atoms with Crippen molar-refractivity contribution in [1.29, 1.82) is 0 Å². The van der Waals surface area contributed by atoms with Crippen LogP contribution in [-0.4, -0.2) is 59.7 Å². The van der Waals surface area contributed by atoms with Crippen LogP contribution in [0, 0.1) is 5.92 Å². The molecule has 5 rings (SSSR count). The van der Waals surface area contributed by atoms with Crippen molar-refractivity contribution in [2.45, 2.75) is 51.4 Å². The Bertz CT molecular complexity index is 1100. The molecule has 0 radical (unpaired) electrons. The minimum absolute atomic E-state index is 0.00258. The maximum atomic E-state index is 12.4. The second-order valence-electron chi connectivity index (χ2n) is 9.17. The number of hydrogen-bond donors (Lipinski definition) is 0. The van der Waals surface area contributed by atoms with Gasteiger partial charge in [0.1, 0.15) is 17.2 Å². The molecule has 0 bridgehead atoms. The van der Waals surface area contributed by atoms with Gasteiger partial charge in [0, 0.05) is 43.7 Å².